The molecule has 0 saturated heterocycles. The number of aryl methyl sites for hydroxylation is 1. The molecule has 162 valence electrons. The lowest BCUT2D eigenvalue weighted by Gasteiger charge is -2.08. The van der Waals surface area contributed by atoms with Gasteiger partial charge in [-0.05, 0) is 79.8 Å². The Morgan fingerprint density at radius 1 is 0.531 bits per heavy atom. The van der Waals surface area contributed by atoms with Crippen LogP contribution < -0.4 is 0 Å². The average Bonchev–Trinajstić information content (AvgIpc) is 3.53. The van der Waals surface area contributed by atoms with E-state index in [0.29, 0.717) is 11.8 Å². The minimum Gasteiger partial charge on any atom is -0.355 e. The van der Waals surface area contributed by atoms with Crippen LogP contribution >= 0.6 is 0 Å². The molecule has 0 radical (unpaired) electrons. The molecule has 0 aromatic carbocycles. The Bertz CT molecular complexity index is 1440. The number of nitrogens with zero attached hydrogens (tertiary/aromatic N) is 2. The summed E-state index contributed by atoms with van der Waals surface area (Å²) in [5.41, 5.74) is 13.3. The summed E-state index contributed by atoms with van der Waals surface area (Å²) in [6, 6.07) is 8.75. The molecule has 2 aliphatic rings. The summed E-state index contributed by atoms with van der Waals surface area (Å²) < 4.78 is 0. The van der Waals surface area contributed by atoms with Crippen LogP contribution in [-0.4, -0.2) is 19.9 Å². The lowest BCUT2D eigenvalue weighted by Crippen LogP contribution is -1.94. The zero-order valence-corrected chi connectivity index (χ0v) is 19.7. The van der Waals surface area contributed by atoms with E-state index in [1.807, 2.05) is 0 Å². The van der Waals surface area contributed by atoms with E-state index in [2.05, 4.69) is 100 Å². The number of nitrogens with one attached hydrogen (secondary N) is 2. The molecule has 4 heteroatoms. The summed E-state index contributed by atoms with van der Waals surface area (Å²) in [7, 11) is 0. The standard InChI is InChI=1S/C28H30N4/c1-15(2)27-23-11-9-21(30-23)17(5)19-7-8-20(29-19)18(6)22-10-12-24(31-22)28(16(3)4)26-14-13-25(27)32-26/h7-16,30,32H,1-6H3. The van der Waals surface area contributed by atoms with E-state index in [4.69, 9.17) is 9.97 Å². The van der Waals surface area contributed by atoms with Gasteiger partial charge in [-0.25, -0.2) is 9.97 Å². The van der Waals surface area contributed by atoms with Gasteiger partial charge in [-0.15, -0.1) is 0 Å². The summed E-state index contributed by atoms with van der Waals surface area (Å²) in [4.78, 5) is 17.3. The van der Waals surface area contributed by atoms with Crippen LogP contribution in [0.4, 0.5) is 0 Å². The van der Waals surface area contributed by atoms with Gasteiger partial charge < -0.3 is 9.97 Å². The normalized spacial score (nSPS) is 13.0. The molecule has 0 aliphatic carbocycles. The lowest BCUT2D eigenvalue weighted by atomic mass is 10.0. The molecule has 8 bridgehead atoms. The average molecular weight is 423 g/mol. The van der Waals surface area contributed by atoms with Gasteiger partial charge in [-0.2, -0.15) is 0 Å². The van der Waals surface area contributed by atoms with Crippen molar-refractivity contribution in [2.45, 2.75) is 53.4 Å². The lowest BCUT2D eigenvalue weighted by molar-refractivity contribution is 0.863. The molecule has 32 heavy (non-hydrogen) atoms. The van der Waals surface area contributed by atoms with Gasteiger partial charge in [-0.1, -0.05) is 27.7 Å². The monoisotopic (exact) mass is 422 g/mol. The van der Waals surface area contributed by atoms with E-state index in [1.165, 1.54) is 11.1 Å². The van der Waals surface area contributed by atoms with Gasteiger partial charge in [-0.3, -0.25) is 0 Å². The molecule has 0 unspecified atom stereocenters. The molecule has 5 heterocycles. The molecule has 0 spiro atoms. The Morgan fingerprint density at radius 2 is 0.938 bits per heavy atom. The summed E-state index contributed by atoms with van der Waals surface area (Å²) >= 11 is 0. The van der Waals surface area contributed by atoms with Gasteiger partial charge in [0.15, 0.2) is 0 Å². The summed E-state index contributed by atoms with van der Waals surface area (Å²) in [6.45, 7) is 13.2. The number of hydrogen-bond acceptors (Lipinski definition) is 2. The minimum atomic E-state index is 0.337. The first-order valence-electron chi connectivity index (χ1n) is 11.4. The van der Waals surface area contributed by atoms with Gasteiger partial charge in [0, 0.05) is 38.8 Å². The van der Waals surface area contributed by atoms with E-state index in [-0.39, 0.29) is 0 Å². The molecule has 2 N–H and O–H groups in total. The van der Waals surface area contributed by atoms with Gasteiger partial charge in [0.05, 0.1) is 22.8 Å². The first kappa shape index (κ1) is 20.5. The van der Waals surface area contributed by atoms with Crippen LogP contribution in [0.15, 0.2) is 24.3 Å². The fourth-order valence-electron chi connectivity index (χ4n) is 4.76. The first-order valence-corrected chi connectivity index (χ1v) is 11.4. The predicted octanol–water partition coefficient (Wildman–Crippen LogP) is 7.52. The van der Waals surface area contributed by atoms with Crippen molar-refractivity contribution in [2.75, 3.05) is 0 Å². The van der Waals surface area contributed by atoms with Gasteiger partial charge >= 0.3 is 0 Å². The van der Waals surface area contributed by atoms with Crippen LogP contribution in [0.1, 0.15) is 84.6 Å². The molecule has 0 atom stereocenters. The summed E-state index contributed by atoms with van der Waals surface area (Å²) in [5, 5.41) is 0. The van der Waals surface area contributed by atoms with Crippen molar-refractivity contribution in [3.05, 3.63) is 69.3 Å². The second kappa shape index (κ2) is 7.63. The van der Waals surface area contributed by atoms with E-state index >= 15 is 0 Å². The van der Waals surface area contributed by atoms with Crippen molar-refractivity contribution in [1.29, 1.82) is 0 Å². The number of fused-ring (bicyclic) bond motifs is 8. The Labute approximate surface area is 189 Å². The molecule has 3 aromatic rings. The van der Waals surface area contributed by atoms with E-state index in [0.717, 1.165) is 56.0 Å². The highest BCUT2D eigenvalue weighted by atomic mass is 14.8. The van der Waals surface area contributed by atoms with Crippen LogP contribution in [-0.2, 0) is 0 Å². The SMILES string of the molecule is Cc1c2nc(c(C)c3ccc([nH]3)c(C(C)C)c3ccc([nH]3)c(C(C)C)c3nc1C=C3)C=C2. The van der Waals surface area contributed by atoms with Crippen LogP contribution in [0, 0.1) is 13.8 Å². The van der Waals surface area contributed by atoms with Gasteiger partial charge in [0.2, 0.25) is 0 Å². The van der Waals surface area contributed by atoms with Crippen molar-refractivity contribution >= 4 is 46.4 Å². The summed E-state index contributed by atoms with van der Waals surface area (Å²) in [5.74, 6) is 0.697. The Morgan fingerprint density at radius 3 is 1.50 bits per heavy atom. The summed E-state index contributed by atoms with van der Waals surface area (Å²) in [6.07, 6.45) is 8.45. The fourth-order valence-corrected chi connectivity index (χ4v) is 4.76. The highest BCUT2D eigenvalue weighted by Gasteiger charge is 2.15. The molecular formula is C28H30N4. The van der Waals surface area contributed by atoms with Crippen molar-refractivity contribution in [1.82, 2.24) is 19.9 Å². The molecule has 5 rings (SSSR count). The number of aromatic amines is 2. The zero-order chi connectivity index (χ0) is 22.6. The Hall–Kier alpha value is -3.40. The van der Waals surface area contributed by atoms with Crippen LogP contribution in [0.2, 0.25) is 0 Å². The largest absolute Gasteiger partial charge is 0.355 e. The molecule has 0 saturated carbocycles. The quantitative estimate of drug-likeness (QED) is 0.309. The van der Waals surface area contributed by atoms with E-state index in [9.17, 15) is 0 Å². The maximum atomic E-state index is 5.02. The van der Waals surface area contributed by atoms with Crippen molar-refractivity contribution in [3.63, 3.8) is 0 Å². The van der Waals surface area contributed by atoms with Gasteiger partial charge in [0.25, 0.3) is 0 Å². The van der Waals surface area contributed by atoms with E-state index < -0.39 is 0 Å². The third kappa shape index (κ3) is 3.31. The molecule has 3 aromatic heterocycles. The zero-order valence-electron chi connectivity index (χ0n) is 19.7. The second-order valence-corrected chi connectivity index (χ2v) is 9.39. The smallest absolute Gasteiger partial charge is 0.0693 e. The molecular weight excluding hydrogens is 392 g/mol. The maximum absolute atomic E-state index is 5.02. The topological polar surface area (TPSA) is 57.4 Å². The van der Waals surface area contributed by atoms with Gasteiger partial charge in [0.1, 0.15) is 0 Å². The number of H-pyrrole nitrogens is 2. The second-order valence-electron chi connectivity index (χ2n) is 9.39. The van der Waals surface area contributed by atoms with Crippen LogP contribution in [0.5, 0.6) is 0 Å². The number of aromatic nitrogens is 4. The highest BCUT2D eigenvalue weighted by Crippen LogP contribution is 2.31. The van der Waals surface area contributed by atoms with E-state index in [1.54, 1.807) is 0 Å². The fraction of sp³-hybridized carbons (Fsp3) is 0.286. The molecule has 0 amide bonds. The first-order chi connectivity index (χ1) is 15.3. The van der Waals surface area contributed by atoms with Crippen molar-refractivity contribution in [3.8, 4) is 0 Å². The minimum absolute atomic E-state index is 0.337. The van der Waals surface area contributed by atoms with Crippen molar-refractivity contribution < 1.29 is 0 Å². The molecule has 0 fully saturated rings. The van der Waals surface area contributed by atoms with Crippen LogP contribution in [0.3, 0.4) is 0 Å². The third-order valence-corrected chi connectivity index (χ3v) is 6.51. The Balaban J connectivity index is 1.99. The third-order valence-electron chi connectivity index (χ3n) is 6.51. The molecule has 2 aliphatic heterocycles. The number of rotatable bonds is 2. The van der Waals surface area contributed by atoms with Crippen molar-refractivity contribution in [2.24, 2.45) is 0 Å². The Kier molecular flexibility index (Phi) is 4.89. The highest BCUT2D eigenvalue weighted by molar-refractivity contribution is 5.83. The maximum Gasteiger partial charge on any atom is 0.0693 e. The molecule has 4 nitrogen and oxygen atoms in total. The van der Waals surface area contributed by atoms with Crippen LogP contribution in [0.25, 0.3) is 46.4 Å². The predicted molar refractivity (Wildman–Crippen MR) is 137 cm³/mol. The number of hydrogen-bond donors (Lipinski definition) is 2.